The Morgan fingerprint density at radius 3 is 2.84 bits per heavy atom. The number of rotatable bonds is 4. The Labute approximate surface area is 114 Å². The standard InChI is InChI=1S/C17H21NO/c1-2-18-12-16-9-10-19-17(16)15-8-7-13-5-3-4-6-14(13)11-15/h3-8,11,16-18H,2,9-10,12H2,1H3. The highest BCUT2D eigenvalue weighted by atomic mass is 16.5. The van der Waals surface area contributed by atoms with E-state index >= 15 is 0 Å². The van der Waals surface area contributed by atoms with E-state index in [1.165, 1.54) is 16.3 Å². The molecule has 2 nitrogen and oxygen atoms in total. The van der Waals surface area contributed by atoms with Crippen molar-refractivity contribution in [1.82, 2.24) is 5.32 Å². The summed E-state index contributed by atoms with van der Waals surface area (Å²) in [5, 5.41) is 6.05. The van der Waals surface area contributed by atoms with Gasteiger partial charge in [0.2, 0.25) is 0 Å². The van der Waals surface area contributed by atoms with E-state index in [9.17, 15) is 0 Å². The molecule has 2 heteroatoms. The topological polar surface area (TPSA) is 21.3 Å². The van der Waals surface area contributed by atoms with Crippen LogP contribution in [-0.4, -0.2) is 19.7 Å². The largest absolute Gasteiger partial charge is 0.373 e. The molecule has 0 bridgehead atoms. The van der Waals surface area contributed by atoms with Crippen LogP contribution in [0, 0.1) is 5.92 Å². The van der Waals surface area contributed by atoms with Crippen LogP contribution in [0.25, 0.3) is 10.8 Å². The van der Waals surface area contributed by atoms with E-state index in [1.807, 2.05) is 0 Å². The van der Waals surface area contributed by atoms with Crippen molar-refractivity contribution in [3.8, 4) is 0 Å². The van der Waals surface area contributed by atoms with Gasteiger partial charge in [-0.15, -0.1) is 0 Å². The molecule has 1 heterocycles. The zero-order valence-electron chi connectivity index (χ0n) is 11.4. The Balaban J connectivity index is 1.86. The average molecular weight is 255 g/mol. The minimum atomic E-state index is 0.253. The third kappa shape index (κ3) is 2.65. The number of hydrogen-bond donors (Lipinski definition) is 1. The minimum absolute atomic E-state index is 0.253. The van der Waals surface area contributed by atoms with Crippen molar-refractivity contribution < 1.29 is 4.74 Å². The van der Waals surface area contributed by atoms with Gasteiger partial charge in [0.05, 0.1) is 6.10 Å². The maximum absolute atomic E-state index is 5.96. The van der Waals surface area contributed by atoms with Crippen LogP contribution < -0.4 is 5.32 Å². The van der Waals surface area contributed by atoms with Crippen LogP contribution in [-0.2, 0) is 4.74 Å². The molecule has 0 saturated carbocycles. The van der Waals surface area contributed by atoms with Crippen LogP contribution in [0.1, 0.15) is 25.0 Å². The summed E-state index contributed by atoms with van der Waals surface area (Å²) in [6.45, 7) is 5.11. The summed E-state index contributed by atoms with van der Waals surface area (Å²) < 4.78 is 5.96. The van der Waals surface area contributed by atoms with E-state index in [4.69, 9.17) is 4.74 Å². The van der Waals surface area contributed by atoms with Crippen molar-refractivity contribution in [2.75, 3.05) is 19.7 Å². The average Bonchev–Trinajstić information content (AvgIpc) is 2.93. The van der Waals surface area contributed by atoms with E-state index in [0.717, 1.165) is 26.1 Å². The third-order valence-electron chi connectivity index (χ3n) is 3.97. The number of nitrogens with one attached hydrogen (secondary N) is 1. The molecule has 0 spiro atoms. The molecular formula is C17H21NO. The van der Waals surface area contributed by atoms with Crippen LogP contribution >= 0.6 is 0 Å². The summed E-state index contributed by atoms with van der Waals surface area (Å²) in [5.74, 6) is 0.598. The van der Waals surface area contributed by atoms with Crippen molar-refractivity contribution in [2.45, 2.75) is 19.4 Å². The van der Waals surface area contributed by atoms with E-state index in [1.54, 1.807) is 0 Å². The lowest BCUT2D eigenvalue weighted by atomic mass is 9.93. The van der Waals surface area contributed by atoms with Crippen molar-refractivity contribution in [3.63, 3.8) is 0 Å². The lowest BCUT2D eigenvalue weighted by Gasteiger charge is -2.19. The Morgan fingerprint density at radius 2 is 2.00 bits per heavy atom. The molecule has 0 aliphatic carbocycles. The molecule has 1 aliphatic heterocycles. The van der Waals surface area contributed by atoms with E-state index in [-0.39, 0.29) is 6.10 Å². The van der Waals surface area contributed by atoms with Gasteiger partial charge in [-0.2, -0.15) is 0 Å². The SMILES string of the molecule is CCNCC1CCOC1c1ccc2ccccc2c1. The second-order valence-electron chi connectivity index (χ2n) is 5.25. The summed E-state index contributed by atoms with van der Waals surface area (Å²) in [4.78, 5) is 0. The van der Waals surface area contributed by atoms with E-state index < -0.39 is 0 Å². The van der Waals surface area contributed by atoms with Crippen molar-refractivity contribution in [2.24, 2.45) is 5.92 Å². The monoisotopic (exact) mass is 255 g/mol. The fourth-order valence-electron chi connectivity index (χ4n) is 2.93. The molecule has 0 radical (unpaired) electrons. The Bertz CT molecular complexity index is 552. The maximum atomic E-state index is 5.96. The molecule has 2 unspecified atom stereocenters. The Hall–Kier alpha value is -1.38. The van der Waals surface area contributed by atoms with Crippen molar-refractivity contribution in [1.29, 1.82) is 0 Å². The highest BCUT2D eigenvalue weighted by Gasteiger charge is 2.29. The summed E-state index contributed by atoms with van der Waals surface area (Å²) in [6, 6.07) is 15.2. The lowest BCUT2D eigenvalue weighted by Crippen LogP contribution is -2.24. The molecule has 0 amide bonds. The van der Waals surface area contributed by atoms with Gasteiger partial charge in [-0.3, -0.25) is 0 Å². The molecule has 1 fully saturated rings. The fraction of sp³-hybridized carbons (Fsp3) is 0.412. The van der Waals surface area contributed by atoms with E-state index in [2.05, 4.69) is 54.7 Å². The van der Waals surface area contributed by atoms with Crippen LogP contribution in [0.5, 0.6) is 0 Å². The van der Waals surface area contributed by atoms with Gasteiger partial charge < -0.3 is 10.1 Å². The first-order chi connectivity index (χ1) is 9.38. The zero-order chi connectivity index (χ0) is 13.1. The first kappa shape index (κ1) is 12.6. The van der Waals surface area contributed by atoms with Gasteiger partial charge in [0.1, 0.15) is 0 Å². The third-order valence-corrected chi connectivity index (χ3v) is 3.97. The van der Waals surface area contributed by atoms with Crippen LogP contribution in [0.15, 0.2) is 42.5 Å². The predicted octanol–water partition coefficient (Wildman–Crippen LogP) is 3.53. The molecular weight excluding hydrogens is 234 g/mol. The summed E-state index contributed by atoms with van der Waals surface area (Å²) in [7, 11) is 0. The highest BCUT2D eigenvalue weighted by Crippen LogP contribution is 2.35. The molecule has 100 valence electrons. The number of ether oxygens (including phenoxy) is 1. The van der Waals surface area contributed by atoms with Gasteiger partial charge in [0.25, 0.3) is 0 Å². The maximum Gasteiger partial charge on any atom is 0.0866 e. The van der Waals surface area contributed by atoms with Gasteiger partial charge in [-0.1, -0.05) is 43.3 Å². The minimum Gasteiger partial charge on any atom is -0.373 e. The molecule has 1 N–H and O–H groups in total. The Morgan fingerprint density at radius 1 is 1.16 bits per heavy atom. The number of benzene rings is 2. The second kappa shape index (κ2) is 5.72. The first-order valence-corrected chi connectivity index (χ1v) is 7.19. The number of hydrogen-bond acceptors (Lipinski definition) is 2. The quantitative estimate of drug-likeness (QED) is 0.902. The normalized spacial score (nSPS) is 23.0. The first-order valence-electron chi connectivity index (χ1n) is 7.19. The molecule has 2 atom stereocenters. The van der Waals surface area contributed by atoms with Gasteiger partial charge in [0, 0.05) is 19.1 Å². The van der Waals surface area contributed by atoms with Gasteiger partial charge in [-0.25, -0.2) is 0 Å². The molecule has 3 rings (SSSR count). The van der Waals surface area contributed by atoms with Crippen LogP contribution in [0.4, 0.5) is 0 Å². The molecule has 0 aromatic heterocycles. The van der Waals surface area contributed by atoms with Gasteiger partial charge in [0.15, 0.2) is 0 Å². The lowest BCUT2D eigenvalue weighted by molar-refractivity contribution is 0.0907. The molecule has 2 aromatic rings. The van der Waals surface area contributed by atoms with Crippen molar-refractivity contribution in [3.05, 3.63) is 48.0 Å². The number of fused-ring (bicyclic) bond motifs is 1. The van der Waals surface area contributed by atoms with Gasteiger partial charge in [-0.05, 0) is 35.4 Å². The van der Waals surface area contributed by atoms with Crippen LogP contribution in [0.3, 0.4) is 0 Å². The smallest absolute Gasteiger partial charge is 0.0866 e. The molecule has 2 aromatic carbocycles. The summed E-state index contributed by atoms with van der Waals surface area (Å²) >= 11 is 0. The zero-order valence-corrected chi connectivity index (χ0v) is 11.4. The van der Waals surface area contributed by atoms with Gasteiger partial charge >= 0.3 is 0 Å². The molecule has 19 heavy (non-hydrogen) atoms. The fourth-order valence-corrected chi connectivity index (χ4v) is 2.93. The second-order valence-corrected chi connectivity index (χ2v) is 5.25. The molecule has 1 saturated heterocycles. The Kier molecular flexibility index (Phi) is 3.81. The predicted molar refractivity (Wildman–Crippen MR) is 79.3 cm³/mol. The van der Waals surface area contributed by atoms with Crippen molar-refractivity contribution >= 4 is 10.8 Å². The summed E-state index contributed by atoms with van der Waals surface area (Å²) in [6.07, 6.45) is 1.41. The van der Waals surface area contributed by atoms with E-state index in [0.29, 0.717) is 5.92 Å². The van der Waals surface area contributed by atoms with Crippen LogP contribution in [0.2, 0.25) is 0 Å². The highest BCUT2D eigenvalue weighted by molar-refractivity contribution is 5.83. The summed E-state index contributed by atoms with van der Waals surface area (Å²) in [5.41, 5.74) is 1.32. The molecule has 1 aliphatic rings.